The number of hydrogen-bond acceptors (Lipinski definition) is 8. The standard InChI is InChI=1S/C18H20FN3O.C11H14BrN3O.C7H8BFO2/c1-12-10-14(2-3-16(12)19)15-11-21-7-4-17(15)22-8-5-13(6-9-22)18(20)23;12-9-7-14-4-1-10(9)15-5-2-8(3-6-15)11(13)16;1-5-4-6(8(10)11)2-3-7(5)9/h2-4,7,10-11,13H,5-6,8-9H2,1H3,(H2,20,23);1,4,7-8H,2-3,5-6H2,(H2,13,16);2-4,10-11H,1H3. The highest BCUT2D eigenvalue weighted by molar-refractivity contribution is 9.10. The van der Waals surface area contributed by atoms with Crippen LogP contribution in [0.2, 0.25) is 0 Å². The predicted molar refractivity (Wildman–Crippen MR) is 196 cm³/mol. The van der Waals surface area contributed by atoms with E-state index in [1.807, 2.05) is 24.4 Å². The SMILES string of the molecule is Cc1cc(-c2cnccc2N2CCC(C(N)=O)CC2)ccc1F.Cc1cc(B(O)O)ccc1F.NC(=O)C1CCN(c2ccncc2Br)CC1. The van der Waals surface area contributed by atoms with E-state index in [-0.39, 0.29) is 35.3 Å². The Kier molecular flexibility index (Phi) is 13.8. The minimum Gasteiger partial charge on any atom is -0.423 e. The van der Waals surface area contributed by atoms with Crippen LogP contribution in [0.4, 0.5) is 20.2 Å². The summed E-state index contributed by atoms with van der Waals surface area (Å²) in [7, 11) is -1.52. The lowest BCUT2D eigenvalue weighted by Gasteiger charge is -2.33. The second-order valence-electron chi connectivity index (χ2n) is 12.4. The Morgan fingerprint density at radius 3 is 1.72 bits per heavy atom. The molecule has 0 spiro atoms. The molecule has 2 aliphatic rings. The Bertz CT molecular complexity index is 1770. The molecule has 0 atom stereocenters. The van der Waals surface area contributed by atoms with Gasteiger partial charge in [-0.05, 0) is 108 Å². The molecule has 2 aromatic carbocycles. The lowest BCUT2D eigenvalue weighted by Crippen LogP contribution is -2.38. The van der Waals surface area contributed by atoms with Crippen LogP contribution in [0.1, 0.15) is 36.8 Å². The van der Waals surface area contributed by atoms with E-state index >= 15 is 0 Å². The van der Waals surface area contributed by atoms with Crippen molar-refractivity contribution in [3.63, 3.8) is 0 Å². The summed E-state index contributed by atoms with van der Waals surface area (Å²) in [6.45, 7) is 6.64. The molecule has 0 bridgehead atoms. The second-order valence-corrected chi connectivity index (χ2v) is 13.2. The first-order valence-corrected chi connectivity index (χ1v) is 17.2. The molecule has 2 saturated heterocycles. The van der Waals surface area contributed by atoms with Crippen molar-refractivity contribution >= 4 is 51.7 Å². The molecule has 264 valence electrons. The van der Waals surface area contributed by atoms with Gasteiger partial charge in [0.05, 0.1) is 10.2 Å². The molecule has 2 aromatic heterocycles. The number of primary amides is 2. The number of carbonyl (C=O) groups is 2. The molecule has 14 heteroatoms. The number of benzene rings is 2. The van der Waals surface area contributed by atoms with Crippen LogP contribution in [-0.4, -0.2) is 65.1 Å². The van der Waals surface area contributed by atoms with Gasteiger partial charge in [0.25, 0.3) is 0 Å². The summed E-state index contributed by atoms with van der Waals surface area (Å²) in [5.41, 5.74) is 16.2. The zero-order chi connectivity index (χ0) is 36.4. The zero-order valence-electron chi connectivity index (χ0n) is 28.1. The van der Waals surface area contributed by atoms with Gasteiger partial charge in [-0.15, -0.1) is 0 Å². The lowest BCUT2D eigenvalue weighted by atomic mass is 9.80. The van der Waals surface area contributed by atoms with Gasteiger partial charge in [-0.3, -0.25) is 19.6 Å². The fourth-order valence-corrected chi connectivity index (χ4v) is 6.46. The van der Waals surface area contributed by atoms with Crippen molar-refractivity contribution in [2.45, 2.75) is 39.5 Å². The molecule has 10 nitrogen and oxygen atoms in total. The maximum atomic E-state index is 13.5. The Labute approximate surface area is 299 Å². The fraction of sp³-hybridized carbons (Fsp3) is 0.333. The number of anilines is 2. The van der Waals surface area contributed by atoms with Crippen LogP contribution >= 0.6 is 15.9 Å². The number of pyridine rings is 2. The first kappa shape index (κ1) is 38.4. The van der Waals surface area contributed by atoms with E-state index in [1.165, 1.54) is 24.3 Å². The van der Waals surface area contributed by atoms with Gasteiger partial charge >= 0.3 is 7.12 Å². The largest absolute Gasteiger partial charge is 0.488 e. The first-order valence-electron chi connectivity index (χ1n) is 16.4. The summed E-state index contributed by atoms with van der Waals surface area (Å²) in [5.74, 6) is -0.931. The third-order valence-electron chi connectivity index (χ3n) is 8.97. The minimum atomic E-state index is -1.52. The van der Waals surface area contributed by atoms with Crippen molar-refractivity contribution in [2.24, 2.45) is 23.3 Å². The van der Waals surface area contributed by atoms with Gasteiger partial charge in [-0.2, -0.15) is 0 Å². The quantitative estimate of drug-likeness (QED) is 0.213. The Morgan fingerprint density at radius 2 is 1.24 bits per heavy atom. The molecule has 6 N–H and O–H groups in total. The Morgan fingerprint density at radius 1 is 0.760 bits per heavy atom. The highest BCUT2D eigenvalue weighted by Crippen LogP contribution is 2.33. The van der Waals surface area contributed by atoms with Crippen molar-refractivity contribution in [3.05, 3.63) is 101 Å². The fourth-order valence-electron chi connectivity index (χ4n) is 5.96. The van der Waals surface area contributed by atoms with Crippen LogP contribution in [-0.2, 0) is 9.59 Å². The summed E-state index contributed by atoms with van der Waals surface area (Å²) in [4.78, 5) is 35.1. The van der Waals surface area contributed by atoms with Crippen LogP contribution in [0, 0.1) is 37.3 Å². The zero-order valence-corrected chi connectivity index (χ0v) is 29.7. The maximum Gasteiger partial charge on any atom is 0.488 e. The summed E-state index contributed by atoms with van der Waals surface area (Å²) in [6.07, 6.45) is 10.3. The minimum absolute atomic E-state index is 0.0374. The molecule has 2 aliphatic heterocycles. The smallest absolute Gasteiger partial charge is 0.423 e. The number of aryl methyl sites for hydroxylation is 2. The molecule has 0 radical (unpaired) electrons. The molecule has 2 fully saturated rings. The number of hydrogen-bond donors (Lipinski definition) is 4. The van der Waals surface area contributed by atoms with Gasteiger partial charge in [0.15, 0.2) is 0 Å². The number of piperidine rings is 2. The van der Waals surface area contributed by atoms with E-state index in [2.05, 4.69) is 35.7 Å². The number of nitrogens with two attached hydrogens (primary N) is 2. The van der Waals surface area contributed by atoms with Gasteiger partial charge in [0.1, 0.15) is 11.6 Å². The number of aromatic nitrogens is 2. The first-order chi connectivity index (χ1) is 23.8. The van der Waals surface area contributed by atoms with Crippen LogP contribution in [0.3, 0.4) is 0 Å². The summed E-state index contributed by atoms with van der Waals surface area (Å²) < 4.78 is 27.1. The molecule has 4 aromatic rings. The van der Waals surface area contributed by atoms with Crippen molar-refractivity contribution < 1.29 is 28.4 Å². The monoisotopic (exact) mass is 750 g/mol. The topological polar surface area (TPSA) is 159 Å². The molecule has 4 heterocycles. The normalized spacial score (nSPS) is 14.9. The van der Waals surface area contributed by atoms with E-state index in [0.717, 1.165) is 78.8 Å². The van der Waals surface area contributed by atoms with E-state index in [9.17, 15) is 18.4 Å². The third-order valence-corrected chi connectivity index (χ3v) is 9.59. The van der Waals surface area contributed by atoms with E-state index in [0.29, 0.717) is 16.6 Å². The molecule has 0 unspecified atom stereocenters. The van der Waals surface area contributed by atoms with Gasteiger partial charge in [0.2, 0.25) is 11.8 Å². The van der Waals surface area contributed by atoms with E-state index < -0.39 is 7.12 Å². The molecule has 0 aliphatic carbocycles. The van der Waals surface area contributed by atoms with Crippen molar-refractivity contribution in [1.29, 1.82) is 0 Å². The molecular weight excluding hydrogens is 709 g/mol. The number of nitrogens with zero attached hydrogens (tertiary/aromatic N) is 4. The Hall–Kier alpha value is -4.40. The Balaban J connectivity index is 0.000000181. The van der Waals surface area contributed by atoms with Crippen molar-refractivity contribution in [2.75, 3.05) is 36.0 Å². The summed E-state index contributed by atoms with van der Waals surface area (Å²) in [6, 6.07) is 13.0. The average Bonchev–Trinajstić information content (AvgIpc) is 3.11. The average molecular weight is 751 g/mol. The summed E-state index contributed by atoms with van der Waals surface area (Å²) >= 11 is 3.48. The maximum absolute atomic E-state index is 13.5. The number of carbonyl (C=O) groups excluding carboxylic acids is 2. The number of amides is 2. The third kappa shape index (κ3) is 10.3. The highest BCUT2D eigenvalue weighted by Gasteiger charge is 2.25. The number of rotatable bonds is 6. The van der Waals surface area contributed by atoms with Crippen molar-refractivity contribution in [1.82, 2.24) is 9.97 Å². The second kappa shape index (κ2) is 18.0. The highest BCUT2D eigenvalue weighted by atomic mass is 79.9. The number of halogens is 3. The molecule has 50 heavy (non-hydrogen) atoms. The molecule has 0 saturated carbocycles. The van der Waals surface area contributed by atoms with Crippen LogP contribution < -0.4 is 26.7 Å². The lowest BCUT2D eigenvalue weighted by molar-refractivity contribution is -0.123. The summed E-state index contributed by atoms with van der Waals surface area (Å²) in [5, 5.41) is 17.3. The van der Waals surface area contributed by atoms with E-state index in [4.69, 9.17) is 21.5 Å². The van der Waals surface area contributed by atoms with Crippen LogP contribution in [0.15, 0.2) is 77.8 Å². The molecule has 6 rings (SSSR count). The molecule has 2 amide bonds. The van der Waals surface area contributed by atoms with Crippen LogP contribution in [0.5, 0.6) is 0 Å². The van der Waals surface area contributed by atoms with Crippen LogP contribution in [0.25, 0.3) is 11.1 Å². The van der Waals surface area contributed by atoms with Gasteiger partial charge in [0, 0.05) is 74.1 Å². The van der Waals surface area contributed by atoms with Gasteiger partial charge in [-0.1, -0.05) is 18.2 Å². The van der Waals surface area contributed by atoms with Gasteiger partial charge in [-0.25, -0.2) is 8.78 Å². The molecular formula is C36H42BBrF2N6O4. The van der Waals surface area contributed by atoms with Crippen molar-refractivity contribution in [3.8, 4) is 11.1 Å². The predicted octanol–water partition coefficient (Wildman–Crippen LogP) is 4.26. The van der Waals surface area contributed by atoms with Gasteiger partial charge < -0.3 is 31.3 Å². The van der Waals surface area contributed by atoms with E-state index in [1.54, 1.807) is 38.5 Å².